The fourth-order valence-electron chi connectivity index (χ4n) is 1.92. The summed E-state index contributed by atoms with van der Waals surface area (Å²) >= 11 is 0. The molecule has 0 atom stereocenters. The maximum atomic E-state index is 11.5. The third kappa shape index (κ3) is 3.29. The molecular formula is C16H17NO3. The van der Waals surface area contributed by atoms with Crippen LogP contribution >= 0.6 is 0 Å². The van der Waals surface area contributed by atoms with E-state index >= 15 is 0 Å². The number of ether oxygens (including phenoxy) is 2. The molecular weight excluding hydrogens is 254 g/mol. The van der Waals surface area contributed by atoms with E-state index in [1.165, 1.54) is 7.11 Å². The summed E-state index contributed by atoms with van der Waals surface area (Å²) in [5, 5.41) is 3.27. The molecule has 4 heteroatoms. The summed E-state index contributed by atoms with van der Waals surface area (Å²) in [6.45, 7) is 0.620. The SMILES string of the molecule is COC(=O)c1cccc(NCc2ccccc2OC)c1. The van der Waals surface area contributed by atoms with Gasteiger partial charge < -0.3 is 14.8 Å². The van der Waals surface area contributed by atoms with Gasteiger partial charge in [-0.05, 0) is 24.3 Å². The van der Waals surface area contributed by atoms with Crippen LogP contribution in [0.5, 0.6) is 5.75 Å². The maximum Gasteiger partial charge on any atom is 0.337 e. The Hall–Kier alpha value is -2.49. The molecule has 0 fully saturated rings. The fourth-order valence-corrected chi connectivity index (χ4v) is 1.92. The second kappa shape index (κ2) is 6.61. The van der Waals surface area contributed by atoms with Gasteiger partial charge in [0, 0.05) is 17.8 Å². The number of hydrogen-bond acceptors (Lipinski definition) is 4. The van der Waals surface area contributed by atoms with Crippen LogP contribution in [0.15, 0.2) is 48.5 Å². The molecule has 0 amide bonds. The predicted octanol–water partition coefficient (Wildman–Crippen LogP) is 3.09. The lowest BCUT2D eigenvalue weighted by Gasteiger charge is -2.11. The maximum absolute atomic E-state index is 11.5. The second-order valence-corrected chi connectivity index (χ2v) is 4.24. The molecule has 1 N–H and O–H groups in total. The first-order valence-electron chi connectivity index (χ1n) is 6.28. The van der Waals surface area contributed by atoms with Crippen molar-refractivity contribution in [2.45, 2.75) is 6.54 Å². The van der Waals surface area contributed by atoms with E-state index in [0.717, 1.165) is 17.0 Å². The molecule has 0 aliphatic heterocycles. The van der Waals surface area contributed by atoms with Gasteiger partial charge in [-0.3, -0.25) is 0 Å². The summed E-state index contributed by atoms with van der Waals surface area (Å²) in [4.78, 5) is 11.5. The molecule has 2 aromatic carbocycles. The topological polar surface area (TPSA) is 47.6 Å². The molecule has 0 aromatic heterocycles. The molecule has 104 valence electrons. The van der Waals surface area contributed by atoms with Crippen LogP contribution in [-0.4, -0.2) is 20.2 Å². The molecule has 0 aliphatic carbocycles. The van der Waals surface area contributed by atoms with Crippen molar-refractivity contribution in [3.8, 4) is 5.75 Å². The summed E-state index contributed by atoms with van der Waals surface area (Å²) < 4.78 is 10.0. The van der Waals surface area contributed by atoms with Crippen LogP contribution in [-0.2, 0) is 11.3 Å². The van der Waals surface area contributed by atoms with E-state index in [4.69, 9.17) is 9.47 Å². The van der Waals surface area contributed by atoms with Gasteiger partial charge in [0.15, 0.2) is 0 Å². The molecule has 0 bridgehead atoms. The number of carbonyl (C=O) groups is 1. The van der Waals surface area contributed by atoms with Gasteiger partial charge in [-0.1, -0.05) is 24.3 Å². The van der Waals surface area contributed by atoms with Gasteiger partial charge in [0.05, 0.1) is 19.8 Å². The first kappa shape index (κ1) is 13.9. The minimum Gasteiger partial charge on any atom is -0.496 e. The summed E-state index contributed by atoms with van der Waals surface area (Å²) in [7, 11) is 3.02. The largest absolute Gasteiger partial charge is 0.496 e. The van der Waals surface area contributed by atoms with Crippen molar-refractivity contribution in [2.75, 3.05) is 19.5 Å². The van der Waals surface area contributed by atoms with Gasteiger partial charge in [-0.2, -0.15) is 0 Å². The highest BCUT2D eigenvalue weighted by atomic mass is 16.5. The normalized spacial score (nSPS) is 9.90. The fraction of sp³-hybridized carbons (Fsp3) is 0.188. The summed E-state index contributed by atoms with van der Waals surface area (Å²) in [5.41, 5.74) is 2.44. The number of esters is 1. The zero-order valence-electron chi connectivity index (χ0n) is 11.6. The first-order chi connectivity index (χ1) is 9.74. The number of benzene rings is 2. The molecule has 0 unspecified atom stereocenters. The van der Waals surface area contributed by atoms with Crippen molar-refractivity contribution in [3.63, 3.8) is 0 Å². The van der Waals surface area contributed by atoms with Gasteiger partial charge >= 0.3 is 5.97 Å². The van der Waals surface area contributed by atoms with Gasteiger partial charge in [0.1, 0.15) is 5.75 Å². The van der Waals surface area contributed by atoms with Crippen LogP contribution in [0.3, 0.4) is 0 Å². The third-order valence-electron chi connectivity index (χ3n) is 2.96. The molecule has 0 saturated carbocycles. The lowest BCUT2D eigenvalue weighted by atomic mass is 10.1. The predicted molar refractivity (Wildman–Crippen MR) is 78.1 cm³/mol. The van der Waals surface area contributed by atoms with Crippen molar-refractivity contribution in [3.05, 3.63) is 59.7 Å². The van der Waals surface area contributed by atoms with E-state index in [1.54, 1.807) is 19.2 Å². The van der Waals surface area contributed by atoms with Crippen molar-refractivity contribution < 1.29 is 14.3 Å². The van der Waals surface area contributed by atoms with E-state index in [2.05, 4.69) is 5.32 Å². The molecule has 4 nitrogen and oxygen atoms in total. The van der Waals surface area contributed by atoms with Crippen LogP contribution in [0.2, 0.25) is 0 Å². The number of anilines is 1. The third-order valence-corrected chi connectivity index (χ3v) is 2.96. The Morgan fingerprint density at radius 3 is 2.65 bits per heavy atom. The molecule has 0 saturated heterocycles. The molecule has 0 heterocycles. The standard InChI is InChI=1S/C16H17NO3/c1-19-15-9-4-3-6-13(15)11-17-14-8-5-7-12(10-14)16(18)20-2/h3-10,17H,11H2,1-2H3. The van der Waals surface area contributed by atoms with Crippen molar-refractivity contribution in [2.24, 2.45) is 0 Å². The summed E-state index contributed by atoms with van der Waals surface area (Å²) in [5.74, 6) is 0.495. The number of methoxy groups -OCH3 is 2. The quantitative estimate of drug-likeness (QED) is 0.849. The Bertz CT molecular complexity index is 596. The van der Waals surface area contributed by atoms with Crippen LogP contribution in [0.1, 0.15) is 15.9 Å². The summed E-state index contributed by atoms with van der Waals surface area (Å²) in [6.07, 6.45) is 0. The van der Waals surface area contributed by atoms with E-state index in [9.17, 15) is 4.79 Å². The number of para-hydroxylation sites is 1. The highest BCUT2D eigenvalue weighted by molar-refractivity contribution is 5.90. The highest BCUT2D eigenvalue weighted by Gasteiger charge is 2.06. The Morgan fingerprint density at radius 2 is 1.90 bits per heavy atom. The molecule has 0 radical (unpaired) electrons. The second-order valence-electron chi connectivity index (χ2n) is 4.24. The van der Waals surface area contributed by atoms with Gasteiger partial charge in [-0.15, -0.1) is 0 Å². The average Bonchev–Trinajstić information content (AvgIpc) is 2.52. The van der Waals surface area contributed by atoms with Gasteiger partial charge in [0.2, 0.25) is 0 Å². The average molecular weight is 271 g/mol. The Morgan fingerprint density at radius 1 is 1.10 bits per heavy atom. The minimum absolute atomic E-state index is 0.342. The van der Waals surface area contributed by atoms with E-state index in [1.807, 2.05) is 36.4 Å². The van der Waals surface area contributed by atoms with E-state index in [-0.39, 0.29) is 5.97 Å². The molecule has 2 aromatic rings. The molecule has 2 rings (SSSR count). The summed E-state index contributed by atoms with van der Waals surface area (Å²) in [6, 6.07) is 15.0. The number of hydrogen-bond donors (Lipinski definition) is 1. The Balaban J connectivity index is 2.09. The smallest absolute Gasteiger partial charge is 0.337 e. The number of rotatable bonds is 5. The van der Waals surface area contributed by atoms with Crippen LogP contribution in [0.4, 0.5) is 5.69 Å². The van der Waals surface area contributed by atoms with Crippen molar-refractivity contribution >= 4 is 11.7 Å². The zero-order chi connectivity index (χ0) is 14.4. The molecule has 20 heavy (non-hydrogen) atoms. The number of nitrogens with one attached hydrogen (secondary N) is 1. The Kier molecular flexibility index (Phi) is 4.60. The van der Waals surface area contributed by atoms with Gasteiger partial charge in [-0.25, -0.2) is 4.79 Å². The van der Waals surface area contributed by atoms with Crippen molar-refractivity contribution in [1.82, 2.24) is 0 Å². The van der Waals surface area contributed by atoms with Crippen LogP contribution in [0, 0.1) is 0 Å². The monoisotopic (exact) mass is 271 g/mol. The zero-order valence-corrected chi connectivity index (χ0v) is 11.6. The van der Waals surface area contributed by atoms with Crippen LogP contribution in [0.25, 0.3) is 0 Å². The minimum atomic E-state index is -0.342. The highest BCUT2D eigenvalue weighted by Crippen LogP contribution is 2.19. The first-order valence-corrected chi connectivity index (χ1v) is 6.28. The number of carbonyl (C=O) groups excluding carboxylic acids is 1. The van der Waals surface area contributed by atoms with Crippen molar-refractivity contribution in [1.29, 1.82) is 0 Å². The lowest BCUT2D eigenvalue weighted by molar-refractivity contribution is 0.0601. The van der Waals surface area contributed by atoms with E-state index < -0.39 is 0 Å². The molecule has 0 spiro atoms. The molecule has 0 aliphatic rings. The Labute approximate surface area is 118 Å². The van der Waals surface area contributed by atoms with E-state index in [0.29, 0.717) is 12.1 Å². The van der Waals surface area contributed by atoms with Gasteiger partial charge in [0.25, 0.3) is 0 Å². The lowest BCUT2D eigenvalue weighted by Crippen LogP contribution is -2.04. The van der Waals surface area contributed by atoms with Crippen LogP contribution < -0.4 is 10.1 Å².